The van der Waals surface area contributed by atoms with Crippen LogP contribution in [0, 0.1) is 10.1 Å². The average molecular weight is 545 g/mol. The quantitative estimate of drug-likeness (QED) is 0.211. The molecule has 0 aliphatic carbocycles. The monoisotopic (exact) mass is 544 g/mol. The number of hydrogen-bond acceptors (Lipinski definition) is 9. The van der Waals surface area contributed by atoms with Crippen LogP contribution in [0.4, 0.5) is 17.1 Å². The highest BCUT2D eigenvalue weighted by Gasteiger charge is 2.23. The number of nitro groups is 1. The van der Waals surface area contributed by atoms with Gasteiger partial charge in [-0.2, -0.15) is 4.72 Å². The van der Waals surface area contributed by atoms with Crippen molar-refractivity contribution in [3.8, 4) is 0 Å². The van der Waals surface area contributed by atoms with Crippen LogP contribution >= 0.6 is 11.8 Å². The molecule has 0 saturated heterocycles. The van der Waals surface area contributed by atoms with Gasteiger partial charge in [-0.15, -0.1) is 0 Å². The summed E-state index contributed by atoms with van der Waals surface area (Å²) in [5.41, 5.74) is 0.344. The lowest BCUT2D eigenvalue weighted by atomic mass is 10.2. The van der Waals surface area contributed by atoms with Crippen LogP contribution in [0.3, 0.4) is 0 Å². The number of rotatable bonds is 11. The van der Waals surface area contributed by atoms with Crippen LogP contribution in [0.15, 0.2) is 87.5 Å². The number of carbonyl (C=O) groups excluding carboxylic acids is 2. The van der Waals surface area contributed by atoms with Gasteiger partial charge < -0.3 is 15.0 Å². The maximum Gasteiger partial charge on any atom is 0.321 e. The second kappa shape index (κ2) is 12.3. The normalized spacial score (nSPS) is 11.0. The molecule has 37 heavy (non-hydrogen) atoms. The van der Waals surface area contributed by atoms with Crippen molar-refractivity contribution >= 4 is 50.7 Å². The van der Waals surface area contributed by atoms with Gasteiger partial charge in [0.15, 0.2) is 6.61 Å². The number of ether oxygens (including phenoxy) is 1. The number of carbonyl (C=O) groups is 2. The van der Waals surface area contributed by atoms with E-state index >= 15 is 0 Å². The van der Waals surface area contributed by atoms with Gasteiger partial charge in [-0.1, -0.05) is 42.1 Å². The maximum atomic E-state index is 12.5. The van der Waals surface area contributed by atoms with E-state index in [9.17, 15) is 28.1 Å². The minimum absolute atomic E-state index is 0.220. The summed E-state index contributed by atoms with van der Waals surface area (Å²) in [4.78, 5) is 37.9. The first-order valence-corrected chi connectivity index (χ1v) is 13.1. The zero-order valence-electron chi connectivity index (χ0n) is 19.9. The van der Waals surface area contributed by atoms with Gasteiger partial charge in [0.1, 0.15) is 12.2 Å². The Labute approximate surface area is 218 Å². The van der Waals surface area contributed by atoms with Gasteiger partial charge in [0, 0.05) is 30.0 Å². The average Bonchev–Trinajstić information content (AvgIpc) is 2.87. The first kappa shape index (κ1) is 27.6. The van der Waals surface area contributed by atoms with Crippen LogP contribution in [0.2, 0.25) is 0 Å². The van der Waals surface area contributed by atoms with Crippen molar-refractivity contribution in [2.45, 2.75) is 14.7 Å². The highest BCUT2D eigenvalue weighted by molar-refractivity contribution is 7.99. The number of benzene rings is 3. The molecule has 11 nitrogen and oxygen atoms in total. The molecule has 3 rings (SSSR count). The molecule has 0 unspecified atom stereocenters. The SMILES string of the molecule is CN(C)c1ccc(S(=O)(=O)NCC(=O)OCC(=O)Nc2ccccc2Sc2ccccc2)cc1[N+](=O)[O-]. The Balaban J connectivity index is 1.55. The summed E-state index contributed by atoms with van der Waals surface area (Å²) in [6.07, 6.45) is 0. The first-order valence-electron chi connectivity index (χ1n) is 10.8. The molecule has 0 spiro atoms. The van der Waals surface area contributed by atoms with Crippen molar-refractivity contribution in [2.75, 3.05) is 37.5 Å². The second-order valence-electron chi connectivity index (χ2n) is 7.75. The van der Waals surface area contributed by atoms with Crippen molar-refractivity contribution < 1.29 is 27.7 Å². The van der Waals surface area contributed by atoms with E-state index < -0.39 is 45.7 Å². The molecule has 0 aliphatic rings. The third kappa shape index (κ3) is 7.77. The largest absolute Gasteiger partial charge is 0.455 e. The molecule has 0 radical (unpaired) electrons. The number of para-hydroxylation sites is 1. The Morgan fingerprint density at radius 3 is 2.38 bits per heavy atom. The van der Waals surface area contributed by atoms with E-state index in [1.165, 1.54) is 28.8 Å². The Kier molecular flexibility index (Phi) is 9.22. The highest BCUT2D eigenvalue weighted by atomic mass is 32.2. The van der Waals surface area contributed by atoms with E-state index in [0.717, 1.165) is 15.9 Å². The number of hydrogen-bond donors (Lipinski definition) is 2. The number of amides is 1. The number of esters is 1. The fraction of sp³-hybridized carbons (Fsp3) is 0.167. The lowest BCUT2D eigenvalue weighted by Gasteiger charge is -2.14. The van der Waals surface area contributed by atoms with Gasteiger partial charge in [0.25, 0.3) is 11.6 Å². The topological polar surface area (TPSA) is 148 Å². The Bertz CT molecular complexity index is 1400. The van der Waals surface area contributed by atoms with Crippen molar-refractivity contribution in [2.24, 2.45) is 0 Å². The fourth-order valence-electron chi connectivity index (χ4n) is 3.09. The minimum atomic E-state index is -4.25. The van der Waals surface area contributed by atoms with Crippen molar-refractivity contribution in [3.05, 3.63) is 82.9 Å². The van der Waals surface area contributed by atoms with E-state index in [1.807, 2.05) is 47.2 Å². The van der Waals surface area contributed by atoms with E-state index in [4.69, 9.17) is 4.74 Å². The molecular formula is C24H24N4O7S2. The van der Waals surface area contributed by atoms with Crippen molar-refractivity contribution in [1.82, 2.24) is 4.72 Å². The van der Waals surface area contributed by atoms with Crippen molar-refractivity contribution in [3.63, 3.8) is 0 Å². The van der Waals surface area contributed by atoms with Gasteiger partial charge in [-0.25, -0.2) is 8.42 Å². The number of nitrogens with one attached hydrogen (secondary N) is 2. The standard InChI is InChI=1S/C24H24N4O7S2/c1-27(2)20-13-12-18(14-21(20)28(31)32)37(33,34)25-15-24(30)35-16-23(29)26-19-10-6-7-11-22(19)36-17-8-4-3-5-9-17/h3-14,25H,15-16H2,1-2H3,(H,26,29). The lowest BCUT2D eigenvalue weighted by Crippen LogP contribution is -2.32. The number of nitro benzene ring substituents is 1. The Hall–Kier alpha value is -3.94. The summed E-state index contributed by atoms with van der Waals surface area (Å²) in [6.45, 7) is -1.40. The highest BCUT2D eigenvalue weighted by Crippen LogP contribution is 2.33. The van der Waals surface area contributed by atoms with Crippen LogP contribution in [-0.2, 0) is 24.3 Å². The molecule has 0 aliphatic heterocycles. The Morgan fingerprint density at radius 2 is 1.70 bits per heavy atom. The molecule has 13 heteroatoms. The molecule has 2 N–H and O–H groups in total. The van der Waals surface area contributed by atoms with Crippen LogP contribution in [0.1, 0.15) is 0 Å². The zero-order chi connectivity index (χ0) is 27.0. The molecule has 194 valence electrons. The van der Waals surface area contributed by atoms with E-state index in [2.05, 4.69) is 5.32 Å². The van der Waals surface area contributed by atoms with Gasteiger partial charge in [-0.05, 0) is 36.4 Å². The minimum Gasteiger partial charge on any atom is -0.455 e. The number of nitrogens with zero attached hydrogens (tertiary/aromatic N) is 2. The second-order valence-corrected chi connectivity index (χ2v) is 10.6. The lowest BCUT2D eigenvalue weighted by molar-refractivity contribution is -0.384. The zero-order valence-corrected chi connectivity index (χ0v) is 21.5. The molecule has 0 bridgehead atoms. The van der Waals surface area contributed by atoms with E-state index in [1.54, 1.807) is 26.2 Å². The Morgan fingerprint density at radius 1 is 1.03 bits per heavy atom. The molecule has 0 heterocycles. The van der Waals surface area contributed by atoms with E-state index in [0.29, 0.717) is 5.69 Å². The summed E-state index contributed by atoms with van der Waals surface area (Å²) in [5.74, 6) is -1.60. The predicted octanol–water partition coefficient (Wildman–Crippen LogP) is 3.27. The summed E-state index contributed by atoms with van der Waals surface area (Å²) < 4.78 is 32.0. The smallest absolute Gasteiger partial charge is 0.321 e. The van der Waals surface area contributed by atoms with Crippen LogP contribution in [0.25, 0.3) is 0 Å². The van der Waals surface area contributed by atoms with Gasteiger partial charge in [-0.3, -0.25) is 19.7 Å². The van der Waals surface area contributed by atoms with Crippen molar-refractivity contribution in [1.29, 1.82) is 0 Å². The number of anilines is 2. The third-order valence-electron chi connectivity index (χ3n) is 4.84. The summed E-state index contributed by atoms with van der Waals surface area (Å²) >= 11 is 1.45. The molecule has 1 amide bonds. The summed E-state index contributed by atoms with van der Waals surface area (Å²) in [7, 11) is -1.08. The molecule has 3 aromatic rings. The third-order valence-corrected chi connectivity index (χ3v) is 7.32. The van der Waals surface area contributed by atoms with Crippen LogP contribution in [0.5, 0.6) is 0 Å². The fourth-order valence-corrected chi connectivity index (χ4v) is 5.00. The predicted molar refractivity (Wildman–Crippen MR) is 139 cm³/mol. The summed E-state index contributed by atoms with van der Waals surface area (Å²) in [6, 6.07) is 20.1. The molecular weight excluding hydrogens is 520 g/mol. The molecule has 0 saturated carbocycles. The molecule has 0 atom stereocenters. The van der Waals surface area contributed by atoms with Gasteiger partial charge in [0.05, 0.1) is 15.5 Å². The molecule has 3 aromatic carbocycles. The maximum absolute atomic E-state index is 12.5. The van der Waals surface area contributed by atoms with Gasteiger partial charge in [0.2, 0.25) is 10.0 Å². The van der Waals surface area contributed by atoms with Crippen LogP contribution < -0.4 is 14.9 Å². The van der Waals surface area contributed by atoms with E-state index in [-0.39, 0.29) is 10.6 Å². The number of sulfonamides is 1. The first-order chi connectivity index (χ1) is 17.6. The summed E-state index contributed by atoms with van der Waals surface area (Å²) in [5, 5.41) is 14.0. The van der Waals surface area contributed by atoms with Crippen LogP contribution in [-0.4, -0.2) is 52.5 Å². The van der Waals surface area contributed by atoms with Gasteiger partial charge >= 0.3 is 5.97 Å². The molecule has 0 aromatic heterocycles. The molecule has 0 fully saturated rings.